The molecule has 6 atom stereocenters. The quantitative estimate of drug-likeness (QED) is 0.146. The van der Waals surface area contributed by atoms with Gasteiger partial charge in [-0.3, -0.25) is 0 Å². The first kappa shape index (κ1) is 41.6. The molecule has 0 N–H and O–H groups in total. The van der Waals surface area contributed by atoms with E-state index in [0.717, 1.165) is 38.5 Å². The zero-order valence-electron chi connectivity index (χ0n) is 39.1. The van der Waals surface area contributed by atoms with Crippen molar-refractivity contribution in [3.63, 3.8) is 0 Å². The number of fused-ring (bicyclic) bond motifs is 4. The SMILES string of the molecule is C1=CC2C3=C(CCC=C3)N(c3cccc(C4=CCC(N(C5=CCC(c6cccc(N7C8=C(C=CCC8)C8C=CC=CC87)c6)C=C5)c5ccc(-c6cccc(-c7ccccc7)c6)cc5)C=C4)c3)C2C=C1. The van der Waals surface area contributed by atoms with Gasteiger partial charge in [-0.1, -0.05) is 188 Å². The first-order chi connectivity index (χ1) is 34.2. The van der Waals surface area contributed by atoms with Gasteiger partial charge in [-0.25, -0.2) is 0 Å². The molecule has 13 rings (SSSR count). The largest absolute Gasteiger partial charge is 0.337 e. The Morgan fingerprint density at radius 1 is 0.449 bits per heavy atom. The Kier molecular flexibility index (Phi) is 10.7. The van der Waals surface area contributed by atoms with Crippen molar-refractivity contribution in [3.05, 3.63) is 276 Å². The summed E-state index contributed by atoms with van der Waals surface area (Å²) >= 11 is 0. The lowest BCUT2D eigenvalue weighted by Crippen LogP contribution is -2.34. The fraction of sp³-hybridized carbons (Fsp3) is 0.182. The van der Waals surface area contributed by atoms with Gasteiger partial charge in [-0.2, -0.15) is 0 Å². The molecule has 6 unspecified atom stereocenters. The van der Waals surface area contributed by atoms with Crippen LogP contribution in [0.3, 0.4) is 0 Å². The minimum atomic E-state index is 0.160. The molecule has 336 valence electrons. The molecule has 2 heterocycles. The summed E-state index contributed by atoms with van der Waals surface area (Å²) < 4.78 is 0. The van der Waals surface area contributed by atoms with Crippen molar-refractivity contribution in [3.8, 4) is 22.3 Å². The molecule has 0 saturated carbocycles. The molecule has 8 aliphatic rings. The highest BCUT2D eigenvalue weighted by atomic mass is 15.2. The van der Waals surface area contributed by atoms with Gasteiger partial charge in [0, 0.05) is 51.9 Å². The van der Waals surface area contributed by atoms with Gasteiger partial charge in [0.05, 0.1) is 18.1 Å². The highest BCUT2D eigenvalue weighted by molar-refractivity contribution is 5.80. The Morgan fingerprint density at radius 3 is 1.71 bits per heavy atom. The Bertz CT molecular complexity index is 3210. The van der Waals surface area contributed by atoms with E-state index in [4.69, 9.17) is 0 Å². The van der Waals surface area contributed by atoms with Crippen LogP contribution in [-0.4, -0.2) is 18.1 Å². The highest BCUT2D eigenvalue weighted by Gasteiger charge is 2.40. The van der Waals surface area contributed by atoms with E-state index in [-0.39, 0.29) is 6.04 Å². The van der Waals surface area contributed by atoms with E-state index in [9.17, 15) is 0 Å². The summed E-state index contributed by atoms with van der Waals surface area (Å²) in [5.41, 5.74) is 19.9. The van der Waals surface area contributed by atoms with Crippen molar-refractivity contribution in [1.82, 2.24) is 0 Å². The standard InChI is InChI=1S/C66H57N3/c1-2-15-46(16-3-1)50-17-12-18-51(43-50)47-31-37-54(38-32-47)67(55-39-33-48(34-40-55)52-19-13-21-57(44-52)68-63-27-8-4-23-59(63)60-24-5-9-28-64(60)68)56-41-35-49(36-42-56)53-20-14-22-58(45-53)69-65-29-10-6-25-61(65)62-26-7-11-30-66(62)69/h1-8,10,12-27,29,31-35,37-39,41-45,49,55,59,61,63,65H,9,11,28,30,36,40H2. The second-order valence-electron chi connectivity index (χ2n) is 19.7. The first-order valence-electron chi connectivity index (χ1n) is 25.3. The minimum absolute atomic E-state index is 0.160. The molecule has 5 aromatic carbocycles. The fourth-order valence-corrected chi connectivity index (χ4v) is 12.4. The van der Waals surface area contributed by atoms with E-state index in [2.05, 4.69) is 251 Å². The highest BCUT2D eigenvalue weighted by Crippen LogP contribution is 2.47. The van der Waals surface area contributed by atoms with Crippen LogP contribution < -0.4 is 14.7 Å². The van der Waals surface area contributed by atoms with Gasteiger partial charge >= 0.3 is 0 Å². The van der Waals surface area contributed by atoms with Crippen LogP contribution in [0, 0.1) is 11.8 Å². The van der Waals surface area contributed by atoms with Gasteiger partial charge in [0.15, 0.2) is 0 Å². The molecule has 2 aliphatic heterocycles. The third kappa shape index (κ3) is 7.62. The van der Waals surface area contributed by atoms with Crippen molar-refractivity contribution >= 4 is 22.6 Å². The molecule has 0 spiro atoms. The molecule has 0 amide bonds. The summed E-state index contributed by atoms with van der Waals surface area (Å²) in [7, 11) is 0. The summed E-state index contributed by atoms with van der Waals surface area (Å²) in [5.74, 6) is 1.14. The van der Waals surface area contributed by atoms with Gasteiger partial charge in [-0.05, 0) is 137 Å². The van der Waals surface area contributed by atoms with E-state index in [1.165, 1.54) is 84.3 Å². The maximum atomic E-state index is 2.63. The van der Waals surface area contributed by atoms with Crippen LogP contribution in [0.5, 0.6) is 0 Å². The van der Waals surface area contributed by atoms with Gasteiger partial charge in [0.25, 0.3) is 0 Å². The average Bonchev–Trinajstić information content (AvgIpc) is 3.95. The molecule has 0 bridgehead atoms. The number of anilines is 3. The normalized spacial score (nSPS) is 24.9. The number of hydrogen-bond donors (Lipinski definition) is 0. The summed E-state index contributed by atoms with van der Waals surface area (Å²) in [4.78, 5) is 7.82. The molecule has 3 nitrogen and oxygen atoms in total. The van der Waals surface area contributed by atoms with Crippen LogP contribution >= 0.6 is 0 Å². The van der Waals surface area contributed by atoms with Crippen molar-refractivity contribution in [2.45, 2.75) is 62.6 Å². The van der Waals surface area contributed by atoms with Gasteiger partial charge in [0.2, 0.25) is 0 Å². The number of hydrogen-bond acceptors (Lipinski definition) is 3. The van der Waals surface area contributed by atoms with E-state index < -0.39 is 0 Å². The van der Waals surface area contributed by atoms with Crippen molar-refractivity contribution < 1.29 is 0 Å². The summed E-state index contributed by atoms with van der Waals surface area (Å²) in [6, 6.07) is 48.4. The number of benzene rings is 5. The smallest absolute Gasteiger partial charge is 0.0626 e. The fourth-order valence-electron chi connectivity index (χ4n) is 12.4. The molecule has 69 heavy (non-hydrogen) atoms. The summed E-state index contributed by atoms with van der Waals surface area (Å²) in [6.07, 6.45) is 48.8. The van der Waals surface area contributed by atoms with Crippen LogP contribution in [-0.2, 0) is 0 Å². The molecule has 3 heteroatoms. The third-order valence-corrected chi connectivity index (χ3v) is 15.7. The number of nitrogens with zero attached hydrogens (tertiary/aromatic N) is 3. The molecule has 5 aromatic rings. The average molecular weight is 892 g/mol. The lowest BCUT2D eigenvalue weighted by atomic mass is 9.88. The zero-order valence-corrected chi connectivity index (χ0v) is 39.1. The van der Waals surface area contributed by atoms with E-state index >= 15 is 0 Å². The van der Waals surface area contributed by atoms with Crippen LogP contribution in [0.2, 0.25) is 0 Å². The molecule has 0 aromatic heterocycles. The van der Waals surface area contributed by atoms with Gasteiger partial charge in [-0.15, -0.1) is 0 Å². The van der Waals surface area contributed by atoms with Crippen molar-refractivity contribution in [2.24, 2.45) is 11.8 Å². The van der Waals surface area contributed by atoms with E-state index in [1.54, 1.807) is 0 Å². The maximum absolute atomic E-state index is 2.63. The van der Waals surface area contributed by atoms with Gasteiger partial charge < -0.3 is 14.7 Å². The molecular formula is C66H57N3. The summed E-state index contributed by atoms with van der Waals surface area (Å²) in [5, 5.41) is 0. The lowest BCUT2D eigenvalue weighted by molar-refractivity contribution is 0.680. The van der Waals surface area contributed by atoms with Crippen LogP contribution in [0.1, 0.15) is 55.6 Å². The van der Waals surface area contributed by atoms with Crippen LogP contribution in [0.15, 0.2) is 265 Å². The Balaban J connectivity index is 0.790. The Hall–Kier alpha value is -7.62. The first-order valence-corrected chi connectivity index (χ1v) is 25.3. The lowest BCUT2D eigenvalue weighted by Gasteiger charge is -2.36. The van der Waals surface area contributed by atoms with E-state index in [0.29, 0.717) is 29.8 Å². The van der Waals surface area contributed by atoms with Gasteiger partial charge in [0.1, 0.15) is 0 Å². The molecule has 0 fully saturated rings. The topological polar surface area (TPSA) is 9.72 Å². The molecule has 6 aliphatic carbocycles. The molecular weight excluding hydrogens is 835 g/mol. The summed E-state index contributed by atoms with van der Waals surface area (Å²) in [6.45, 7) is 0. The molecule has 0 radical (unpaired) electrons. The van der Waals surface area contributed by atoms with Crippen molar-refractivity contribution in [1.29, 1.82) is 0 Å². The maximum Gasteiger partial charge on any atom is 0.0626 e. The second kappa shape index (κ2) is 17.8. The second-order valence-corrected chi connectivity index (χ2v) is 19.7. The van der Waals surface area contributed by atoms with E-state index in [1.807, 2.05) is 0 Å². The number of rotatable bonds is 9. The predicted molar refractivity (Wildman–Crippen MR) is 290 cm³/mol. The van der Waals surface area contributed by atoms with Crippen LogP contribution in [0.25, 0.3) is 27.8 Å². The predicted octanol–water partition coefficient (Wildman–Crippen LogP) is 15.9. The van der Waals surface area contributed by atoms with Crippen LogP contribution in [0.4, 0.5) is 17.1 Å². The number of allylic oxidation sites excluding steroid dienone is 15. The zero-order chi connectivity index (χ0) is 45.7. The monoisotopic (exact) mass is 891 g/mol. The van der Waals surface area contributed by atoms with Crippen molar-refractivity contribution in [2.75, 3.05) is 14.7 Å². The Labute approximate surface area is 408 Å². The molecule has 0 saturated heterocycles. The third-order valence-electron chi connectivity index (χ3n) is 15.7. The minimum Gasteiger partial charge on any atom is -0.337 e. The Morgan fingerprint density at radius 2 is 1.06 bits per heavy atom.